The Balaban J connectivity index is 3.70. The molecule has 0 aromatic carbocycles. The van der Waals surface area contributed by atoms with Gasteiger partial charge in [0, 0.05) is 12.8 Å². The summed E-state index contributed by atoms with van der Waals surface area (Å²) < 4.78 is 10.5. The number of aliphatic hydroxyl groups excluding tert-OH is 1. The highest BCUT2D eigenvalue weighted by Gasteiger charge is 2.15. The van der Waals surface area contributed by atoms with Crippen molar-refractivity contribution < 1.29 is 24.2 Å². The van der Waals surface area contributed by atoms with Crippen LogP contribution in [-0.4, -0.2) is 36.4 Å². The molecule has 0 bridgehead atoms. The third kappa shape index (κ3) is 38.1. The van der Waals surface area contributed by atoms with E-state index in [0.29, 0.717) is 12.8 Å². The highest BCUT2D eigenvalue weighted by atomic mass is 16.6. The van der Waals surface area contributed by atoms with Crippen molar-refractivity contribution in [3.63, 3.8) is 0 Å². The van der Waals surface area contributed by atoms with Gasteiger partial charge in [-0.15, -0.1) is 0 Å². The zero-order valence-electron chi connectivity index (χ0n) is 32.4. The number of unbranched alkanes of at least 4 members (excludes halogenated alkanes) is 16. The van der Waals surface area contributed by atoms with Crippen LogP contribution in [0.1, 0.15) is 181 Å². The SMILES string of the molecule is CCCCCC=CCC=CCC=CCC=CCC=CCCC(=O)OCC(CO)OC(=O)CCCCCCCCCC=CCCCCCCCC. The average Bonchev–Trinajstić information content (AvgIpc) is 3.12. The molecule has 50 heavy (non-hydrogen) atoms. The third-order valence-corrected chi connectivity index (χ3v) is 8.49. The molecule has 0 saturated carbocycles. The minimum atomic E-state index is -0.806. The molecule has 0 rings (SSSR count). The van der Waals surface area contributed by atoms with Crippen molar-refractivity contribution in [3.8, 4) is 0 Å². The van der Waals surface area contributed by atoms with Crippen molar-refractivity contribution in [2.75, 3.05) is 13.2 Å². The zero-order chi connectivity index (χ0) is 36.4. The van der Waals surface area contributed by atoms with Crippen LogP contribution in [0.15, 0.2) is 72.9 Å². The second kappa shape index (κ2) is 40.8. The van der Waals surface area contributed by atoms with Gasteiger partial charge in [-0.1, -0.05) is 164 Å². The number of hydrogen-bond acceptors (Lipinski definition) is 5. The van der Waals surface area contributed by atoms with Crippen molar-refractivity contribution in [2.45, 2.75) is 187 Å². The summed E-state index contributed by atoms with van der Waals surface area (Å²) in [6.07, 6.45) is 54.0. The van der Waals surface area contributed by atoms with Crippen molar-refractivity contribution in [3.05, 3.63) is 72.9 Å². The highest BCUT2D eigenvalue weighted by molar-refractivity contribution is 5.70. The van der Waals surface area contributed by atoms with Gasteiger partial charge in [-0.3, -0.25) is 9.59 Å². The van der Waals surface area contributed by atoms with Crippen LogP contribution in [0.25, 0.3) is 0 Å². The largest absolute Gasteiger partial charge is 0.462 e. The zero-order valence-corrected chi connectivity index (χ0v) is 32.4. The molecule has 0 spiro atoms. The molecule has 1 N–H and O–H groups in total. The Kier molecular flexibility index (Phi) is 38.6. The van der Waals surface area contributed by atoms with Gasteiger partial charge in [0.1, 0.15) is 6.61 Å². The van der Waals surface area contributed by atoms with Crippen LogP contribution in [-0.2, 0) is 19.1 Å². The van der Waals surface area contributed by atoms with Gasteiger partial charge in [-0.25, -0.2) is 0 Å². The normalized spacial score (nSPS) is 12.9. The van der Waals surface area contributed by atoms with E-state index in [1.54, 1.807) is 0 Å². The number of carbonyl (C=O) groups is 2. The molecule has 0 radical (unpaired) electrons. The quantitative estimate of drug-likeness (QED) is 0.0401. The van der Waals surface area contributed by atoms with Crippen LogP contribution in [0.5, 0.6) is 0 Å². The van der Waals surface area contributed by atoms with Crippen molar-refractivity contribution >= 4 is 11.9 Å². The predicted molar refractivity (Wildman–Crippen MR) is 214 cm³/mol. The van der Waals surface area contributed by atoms with Gasteiger partial charge >= 0.3 is 11.9 Å². The molecule has 0 aromatic rings. The molecule has 5 nitrogen and oxygen atoms in total. The standard InChI is InChI=1S/C45H76O5/c1-3-5-7-9-11-13-15-17-19-21-22-24-25-27-29-31-33-35-37-39-44(47)49-42-43(41-46)50-45(48)40-38-36-34-32-30-28-26-23-20-18-16-14-12-10-8-6-4-2/h11,13,17-20,22,24,27,29,33,35,43,46H,3-10,12,14-16,21,23,25-26,28,30-32,34,36-42H2,1-2H3. The van der Waals surface area contributed by atoms with Crippen LogP contribution < -0.4 is 0 Å². The van der Waals surface area contributed by atoms with E-state index in [4.69, 9.17) is 9.47 Å². The van der Waals surface area contributed by atoms with E-state index in [-0.39, 0.29) is 31.6 Å². The van der Waals surface area contributed by atoms with Crippen LogP contribution in [0.3, 0.4) is 0 Å². The first kappa shape index (κ1) is 47.3. The fourth-order valence-electron chi connectivity index (χ4n) is 5.35. The lowest BCUT2D eigenvalue weighted by Crippen LogP contribution is -2.28. The monoisotopic (exact) mass is 697 g/mol. The Morgan fingerprint density at radius 2 is 0.840 bits per heavy atom. The number of ether oxygens (including phenoxy) is 2. The molecular formula is C45H76O5. The number of rotatable bonds is 36. The number of aliphatic hydroxyl groups is 1. The van der Waals surface area contributed by atoms with E-state index >= 15 is 0 Å². The first-order valence-electron chi connectivity index (χ1n) is 20.5. The van der Waals surface area contributed by atoms with Crippen LogP contribution in [0.4, 0.5) is 0 Å². The first-order valence-corrected chi connectivity index (χ1v) is 20.5. The van der Waals surface area contributed by atoms with Gasteiger partial charge in [-0.2, -0.15) is 0 Å². The molecule has 0 saturated heterocycles. The fraction of sp³-hybridized carbons (Fsp3) is 0.689. The van der Waals surface area contributed by atoms with Gasteiger partial charge in [-0.05, 0) is 77.0 Å². The van der Waals surface area contributed by atoms with E-state index in [2.05, 4.69) is 74.6 Å². The maximum atomic E-state index is 12.2. The van der Waals surface area contributed by atoms with Crippen molar-refractivity contribution in [1.82, 2.24) is 0 Å². The molecular weight excluding hydrogens is 620 g/mol. The van der Waals surface area contributed by atoms with Crippen LogP contribution in [0.2, 0.25) is 0 Å². The van der Waals surface area contributed by atoms with Crippen LogP contribution in [0, 0.1) is 0 Å². The third-order valence-electron chi connectivity index (χ3n) is 8.49. The number of esters is 2. The van der Waals surface area contributed by atoms with Gasteiger partial charge in [0.15, 0.2) is 6.10 Å². The Morgan fingerprint density at radius 3 is 1.34 bits per heavy atom. The lowest BCUT2D eigenvalue weighted by molar-refractivity contribution is -0.161. The van der Waals surface area contributed by atoms with E-state index < -0.39 is 6.10 Å². The average molecular weight is 697 g/mol. The number of hydrogen-bond donors (Lipinski definition) is 1. The molecule has 1 unspecified atom stereocenters. The first-order chi connectivity index (χ1) is 24.6. The number of carbonyl (C=O) groups excluding carboxylic acids is 2. The molecule has 0 aliphatic rings. The van der Waals surface area contributed by atoms with Crippen LogP contribution >= 0.6 is 0 Å². The molecule has 0 fully saturated rings. The molecule has 0 aliphatic carbocycles. The summed E-state index contributed by atoms with van der Waals surface area (Å²) in [6, 6.07) is 0. The van der Waals surface area contributed by atoms with Gasteiger partial charge < -0.3 is 14.6 Å². The predicted octanol–water partition coefficient (Wildman–Crippen LogP) is 13.0. The smallest absolute Gasteiger partial charge is 0.306 e. The molecule has 0 aromatic heterocycles. The van der Waals surface area contributed by atoms with Crippen molar-refractivity contribution in [2.24, 2.45) is 0 Å². The Labute approximate surface area is 308 Å². The van der Waals surface area contributed by atoms with Gasteiger partial charge in [0.25, 0.3) is 0 Å². The Hall–Kier alpha value is -2.66. The van der Waals surface area contributed by atoms with Gasteiger partial charge in [0.05, 0.1) is 6.61 Å². The molecule has 1 atom stereocenters. The summed E-state index contributed by atoms with van der Waals surface area (Å²) in [6.45, 7) is 4.03. The summed E-state index contributed by atoms with van der Waals surface area (Å²) in [4.78, 5) is 24.2. The fourth-order valence-corrected chi connectivity index (χ4v) is 5.35. The Morgan fingerprint density at radius 1 is 0.460 bits per heavy atom. The van der Waals surface area contributed by atoms with E-state index in [1.165, 1.54) is 103 Å². The number of allylic oxidation sites excluding steroid dienone is 12. The maximum absolute atomic E-state index is 12.2. The molecule has 286 valence electrons. The minimum Gasteiger partial charge on any atom is -0.462 e. The second-order valence-corrected chi connectivity index (χ2v) is 13.4. The Bertz CT molecular complexity index is 926. The van der Waals surface area contributed by atoms with Gasteiger partial charge in [0.2, 0.25) is 0 Å². The maximum Gasteiger partial charge on any atom is 0.306 e. The summed E-state index contributed by atoms with van der Waals surface area (Å²) in [5.41, 5.74) is 0. The lowest BCUT2D eigenvalue weighted by atomic mass is 10.1. The molecule has 5 heteroatoms. The summed E-state index contributed by atoms with van der Waals surface area (Å²) >= 11 is 0. The molecule has 0 aliphatic heterocycles. The van der Waals surface area contributed by atoms with E-state index in [1.807, 2.05) is 12.2 Å². The lowest BCUT2D eigenvalue weighted by Gasteiger charge is -2.15. The molecule has 0 heterocycles. The summed E-state index contributed by atoms with van der Waals surface area (Å²) in [5.74, 6) is -0.696. The summed E-state index contributed by atoms with van der Waals surface area (Å²) in [7, 11) is 0. The second-order valence-electron chi connectivity index (χ2n) is 13.4. The topological polar surface area (TPSA) is 72.8 Å². The van der Waals surface area contributed by atoms with Crippen molar-refractivity contribution in [1.29, 1.82) is 0 Å². The van der Waals surface area contributed by atoms with E-state index in [9.17, 15) is 14.7 Å². The summed E-state index contributed by atoms with van der Waals surface area (Å²) in [5, 5.41) is 9.55. The van der Waals surface area contributed by atoms with E-state index in [0.717, 1.165) is 44.9 Å². The highest BCUT2D eigenvalue weighted by Crippen LogP contribution is 2.12. The molecule has 0 amide bonds. The minimum absolute atomic E-state index is 0.110.